The average molecular weight is 198 g/mol. The normalized spacial score (nSPS) is 31.9. The predicted octanol–water partition coefficient (Wildman–Crippen LogP) is 0.707. The van der Waals surface area contributed by atoms with E-state index in [2.05, 4.69) is 17.3 Å². The van der Waals surface area contributed by atoms with E-state index in [0.717, 1.165) is 25.7 Å². The van der Waals surface area contributed by atoms with Crippen LogP contribution in [0.4, 0.5) is 0 Å². The Kier molecular flexibility index (Phi) is 3.79. The Hall–Kier alpha value is -0.120. The maximum atomic E-state index is 5.54. The molecule has 0 amide bonds. The van der Waals surface area contributed by atoms with Gasteiger partial charge >= 0.3 is 0 Å². The average Bonchev–Trinajstić information content (AvgIpc) is 2.23. The minimum atomic E-state index is 0.673. The highest BCUT2D eigenvalue weighted by Crippen LogP contribution is 2.21. The molecule has 2 aliphatic rings. The fourth-order valence-electron chi connectivity index (χ4n) is 2.49. The molecule has 0 spiro atoms. The van der Waals surface area contributed by atoms with Gasteiger partial charge in [0, 0.05) is 12.6 Å². The lowest BCUT2D eigenvalue weighted by molar-refractivity contribution is -0.00451. The minimum Gasteiger partial charge on any atom is -0.378 e. The number of nitrogens with zero attached hydrogens (tertiary/aromatic N) is 1. The lowest BCUT2D eigenvalue weighted by atomic mass is 9.90. The fourth-order valence-corrected chi connectivity index (χ4v) is 2.49. The fraction of sp³-hybridized carbons (Fsp3) is 1.00. The zero-order chi connectivity index (χ0) is 9.80. The van der Waals surface area contributed by atoms with Crippen LogP contribution in [0, 0.1) is 5.92 Å². The maximum Gasteiger partial charge on any atom is 0.0622 e. The number of nitrogens with one attached hydrogen (secondary N) is 1. The molecule has 2 rings (SSSR count). The molecule has 2 saturated heterocycles. The molecule has 0 aliphatic carbocycles. The number of ether oxygens (including phenoxy) is 1. The molecule has 1 N–H and O–H groups in total. The van der Waals surface area contributed by atoms with Gasteiger partial charge in [-0.25, -0.2) is 0 Å². The lowest BCUT2D eigenvalue weighted by Crippen LogP contribution is -2.44. The van der Waals surface area contributed by atoms with Gasteiger partial charge in [0.25, 0.3) is 0 Å². The van der Waals surface area contributed by atoms with Gasteiger partial charge in [-0.3, -0.25) is 4.90 Å². The highest BCUT2D eigenvalue weighted by atomic mass is 16.5. The largest absolute Gasteiger partial charge is 0.378 e. The predicted molar refractivity (Wildman–Crippen MR) is 57.4 cm³/mol. The third kappa shape index (κ3) is 2.69. The topological polar surface area (TPSA) is 24.5 Å². The Morgan fingerprint density at radius 3 is 2.86 bits per heavy atom. The molecule has 3 heteroatoms. The minimum absolute atomic E-state index is 0.673. The van der Waals surface area contributed by atoms with Gasteiger partial charge < -0.3 is 10.1 Å². The molecule has 1 unspecified atom stereocenters. The molecule has 0 aromatic heterocycles. The Balaban J connectivity index is 1.76. The molecule has 0 saturated carbocycles. The molecule has 0 radical (unpaired) electrons. The summed E-state index contributed by atoms with van der Waals surface area (Å²) >= 11 is 0. The lowest BCUT2D eigenvalue weighted by Gasteiger charge is -2.35. The number of likely N-dealkylation sites (N-methyl/N-ethyl adjacent to an activating group) is 1. The van der Waals surface area contributed by atoms with E-state index >= 15 is 0 Å². The van der Waals surface area contributed by atoms with Crippen molar-refractivity contribution in [2.24, 2.45) is 5.92 Å². The monoisotopic (exact) mass is 198 g/mol. The second-order valence-electron chi connectivity index (χ2n) is 4.64. The molecule has 2 heterocycles. The molecule has 0 bridgehead atoms. The number of rotatable bonds is 2. The van der Waals surface area contributed by atoms with E-state index in [1.807, 2.05) is 0 Å². The van der Waals surface area contributed by atoms with Crippen molar-refractivity contribution in [3.05, 3.63) is 0 Å². The Morgan fingerprint density at radius 1 is 1.36 bits per heavy atom. The first kappa shape index (κ1) is 10.4. The van der Waals surface area contributed by atoms with Crippen LogP contribution in [0.25, 0.3) is 0 Å². The summed E-state index contributed by atoms with van der Waals surface area (Å²) in [4.78, 5) is 2.46. The first-order valence-corrected chi connectivity index (χ1v) is 5.85. The highest BCUT2D eigenvalue weighted by Gasteiger charge is 2.24. The maximum absolute atomic E-state index is 5.54. The van der Waals surface area contributed by atoms with E-state index in [9.17, 15) is 0 Å². The van der Waals surface area contributed by atoms with Crippen LogP contribution in [0.15, 0.2) is 0 Å². The summed E-state index contributed by atoms with van der Waals surface area (Å²) in [5.41, 5.74) is 0. The summed E-state index contributed by atoms with van der Waals surface area (Å²) in [7, 11) is 2.23. The molecule has 0 aromatic rings. The van der Waals surface area contributed by atoms with Gasteiger partial charge in [-0.2, -0.15) is 0 Å². The van der Waals surface area contributed by atoms with Crippen molar-refractivity contribution in [1.29, 1.82) is 0 Å². The molecular formula is C11H22N2O. The van der Waals surface area contributed by atoms with Crippen LogP contribution in [0.3, 0.4) is 0 Å². The van der Waals surface area contributed by atoms with Gasteiger partial charge in [-0.1, -0.05) is 0 Å². The second kappa shape index (κ2) is 5.10. The number of hydrogen-bond donors (Lipinski definition) is 1. The van der Waals surface area contributed by atoms with Crippen molar-refractivity contribution in [2.75, 3.05) is 39.9 Å². The zero-order valence-electron chi connectivity index (χ0n) is 9.17. The van der Waals surface area contributed by atoms with E-state index in [-0.39, 0.29) is 0 Å². The van der Waals surface area contributed by atoms with Gasteiger partial charge in [0.15, 0.2) is 0 Å². The SMILES string of the molecule is CN1CCOCC1CC1CCNCC1. The van der Waals surface area contributed by atoms with Crippen molar-refractivity contribution >= 4 is 0 Å². The third-order valence-corrected chi connectivity index (χ3v) is 3.59. The summed E-state index contributed by atoms with van der Waals surface area (Å²) < 4.78 is 5.54. The quantitative estimate of drug-likeness (QED) is 0.707. The van der Waals surface area contributed by atoms with Crippen molar-refractivity contribution in [3.63, 3.8) is 0 Å². The van der Waals surface area contributed by atoms with Crippen molar-refractivity contribution in [3.8, 4) is 0 Å². The first-order chi connectivity index (χ1) is 6.86. The van der Waals surface area contributed by atoms with Crippen LogP contribution < -0.4 is 5.32 Å². The van der Waals surface area contributed by atoms with Crippen LogP contribution in [-0.2, 0) is 4.74 Å². The number of morpholine rings is 1. The van der Waals surface area contributed by atoms with Gasteiger partial charge in [0.1, 0.15) is 0 Å². The van der Waals surface area contributed by atoms with Crippen molar-refractivity contribution < 1.29 is 4.74 Å². The summed E-state index contributed by atoms with van der Waals surface area (Å²) in [5, 5.41) is 3.42. The smallest absolute Gasteiger partial charge is 0.0622 e. The number of piperidine rings is 1. The van der Waals surface area contributed by atoms with Crippen LogP contribution in [0.2, 0.25) is 0 Å². The third-order valence-electron chi connectivity index (χ3n) is 3.59. The first-order valence-electron chi connectivity index (χ1n) is 5.85. The summed E-state index contributed by atoms with van der Waals surface area (Å²) in [5.74, 6) is 0.922. The number of hydrogen-bond acceptors (Lipinski definition) is 3. The van der Waals surface area contributed by atoms with E-state index in [0.29, 0.717) is 6.04 Å². The molecule has 82 valence electrons. The van der Waals surface area contributed by atoms with Crippen LogP contribution in [-0.4, -0.2) is 50.8 Å². The Labute approximate surface area is 86.8 Å². The van der Waals surface area contributed by atoms with Gasteiger partial charge in [0.2, 0.25) is 0 Å². The van der Waals surface area contributed by atoms with Crippen LogP contribution in [0.5, 0.6) is 0 Å². The van der Waals surface area contributed by atoms with E-state index in [1.165, 1.54) is 32.4 Å². The van der Waals surface area contributed by atoms with Crippen LogP contribution >= 0.6 is 0 Å². The standard InChI is InChI=1S/C11H22N2O/c1-13-6-7-14-9-11(13)8-10-2-4-12-5-3-10/h10-12H,2-9H2,1H3. The second-order valence-corrected chi connectivity index (χ2v) is 4.64. The van der Waals surface area contributed by atoms with E-state index < -0.39 is 0 Å². The van der Waals surface area contributed by atoms with Gasteiger partial charge in [0.05, 0.1) is 13.2 Å². The summed E-state index contributed by atoms with van der Waals surface area (Å²) in [6.45, 7) is 5.39. The zero-order valence-corrected chi connectivity index (χ0v) is 9.17. The molecule has 14 heavy (non-hydrogen) atoms. The van der Waals surface area contributed by atoms with E-state index in [1.54, 1.807) is 0 Å². The molecule has 2 fully saturated rings. The summed E-state index contributed by atoms with van der Waals surface area (Å²) in [6, 6.07) is 0.673. The van der Waals surface area contributed by atoms with E-state index in [4.69, 9.17) is 4.74 Å². The van der Waals surface area contributed by atoms with Crippen molar-refractivity contribution in [1.82, 2.24) is 10.2 Å². The van der Waals surface area contributed by atoms with Crippen LogP contribution in [0.1, 0.15) is 19.3 Å². The highest BCUT2D eigenvalue weighted by molar-refractivity contribution is 4.78. The Morgan fingerprint density at radius 2 is 2.14 bits per heavy atom. The summed E-state index contributed by atoms with van der Waals surface area (Å²) in [6.07, 6.45) is 4.03. The van der Waals surface area contributed by atoms with Crippen molar-refractivity contribution in [2.45, 2.75) is 25.3 Å². The molecule has 1 atom stereocenters. The Bertz CT molecular complexity index is 169. The molecule has 2 aliphatic heterocycles. The van der Waals surface area contributed by atoms with Gasteiger partial charge in [-0.05, 0) is 45.3 Å². The molecule has 0 aromatic carbocycles. The molecular weight excluding hydrogens is 176 g/mol. The molecule has 3 nitrogen and oxygen atoms in total. The van der Waals surface area contributed by atoms with Gasteiger partial charge in [-0.15, -0.1) is 0 Å².